The van der Waals surface area contributed by atoms with Crippen LogP contribution in [0.1, 0.15) is 44.9 Å². The minimum absolute atomic E-state index is 0.485. The van der Waals surface area contributed by atoms with Crippen LogP contribution >= 0.6 is 0 Å². The van der Waals surface area contributed by atoms with E-state index < -0.39 is 0 Å². The van der Waals surface area contributed by atoms with Gasteiger partial charge in [-0.3, -0.25) is 0 Å². The zero-order valence-corrected chi connectivity index (χ0v) is 12.9. The van der Waals surface area contributed by atoms with Crippen molar-refractivity contribution in [2.75, 3.05) is 19.6 Å². The molecule has 1 rings (SSSR count). The minimum Gasteiger partial charge on any atom is -0.310 e. The lowest BCUT2D eigenvalue weighted by molar-refractivity contribution is 0.290. The number of nitrogens with zero attached hydrogens (tertiary/aromatic N) is 3. The largest absolute Gasteiger partial charge is 0.310 e. The molecule has 110 valence electrons. The Morgan fingerprint density at radius 2 is 2.15 bits per heavy atom. The lowest BCUT2D eigenvalue weighted by Gasteiger charge is -2.19. The summed E-state index contributed by atoms with van der Waals surface area (Å²) in [7, 11) is 0. The first-order valence-corrected chi connectivity index (χ1v) is 7.50. The van der Waals surface area contributed by atoms with Crippen LogP contribution in [0.4, 0.5) is 0 Å². The Balaban J connectivity index is 2.25. The second kappa shape index (κ2) is 9.46. The van der Waals surface area contributed by atoms with Crippen LogP contribution in [0.15, 0.2) is 18.3 Å². The Bertz CT molecular complexity index is 421. The zero-order valence-electron chi connectivity index (χ0n) is 12.9. The maximum absolute atomic E-state index is 8.82. The highest BCUT2D eigenvalue weighted by Gasteiger charge is 2.04. The molecule has 0 bridgehead atoms. The van der Waals surface area contributed by atoms with Gasteiger partial charge in [0.2, 0.25) is 0 Å². The van der Waals surface area contributed by atoms with Gasteiger partial charge in [0.15, 0.2) is 0 Å². The van der Waals surface area contributed by atoms with Crippen molar-refractivity contribution in [3.8, 4) is 6.07 Å². The van der Waals surface area contributed by atoms with Crippen LogP contribution in [0.3, 0.4) is 0 Å². The Hall–Kier alpha value is -1.44. The van der Waals surface area contributed by atoms with Crippen molar-refractivity contribution in [1.82, 2.24) is 15.2 Å². The van der Waals surface area contributed by atoms with Crippen LogP contribution in [0.25, 0.3) is 0 Å². The average molecular weight is 274 g/mol. The molecular formula is C16H26N4. The number of nitriles is 1. The third-order valence-electron chi connectivity index (χ3n) is 3.60. The van der Waals surface area contributed by atoms with Gasteiger partial charge in [0.05, 0.1) is 0 Å². The highest BCUT2D eigenvalue weighted by molar-refractivity contribution is 5.25. The van der Waals surface area contributed by atoms with E-state index in [9.17, 15) is 0 Å². The summed E-state index contributed by atoms with van der Waals surface area (Å²) in [5.41, 5.74) is 1.60. The van der Waals surface area contributed by atoms with Crippen LogP contribution in [0.5, 0.6) is 0 Å². The molecule has 1 N–H and O–H groups in total. The number of hydrogen-bond acceptors (Lipinski definition) is 4. The second-order valence-electron chi connectivity index (χ2n) is 5.11. The summed E-state index contributed by atoms with van der Waals surface area (Å²) in [4.78, 5) is 6.43. The fourth-order valence-corrected chi connectivity index (χ4v) is 2.20. The van der Waals surface area contributed by atoms with Crippen molar-refractivity contribution >= 4 is 0 Å². The monoisotopic (exact) mass is 274 g/mol. The van der Waals surface area contributed by atoms with E-state index in [4.69, 9.17) is 5.26 Å². The topological polar surface area (TPSA) is 52.0 Å². The first-order chi connectivity index (χ1) is 9.69. The average Bonchev–Trinajstić information content (AvgIpc) is 2.49. The van der Waals surface area contributed by atoms with Crippen LogP contribution in [-0.2, 0) is 6.54 Å². The third kappa shape index (κ3) is 6.14. The SMILES string of the molecule is CCN(CC)CCCC(C)NCc1ccnc(C#N)c1. The van der Waals surface area contributed by atoms with E-state index in [1.807, 2.05) is 12.1 Å². The van der Waals surface area contributed by atoms with E-state index in [0.29, 0.717) is 11.7 Å². The predicted molar refractivity (Wildman–Crippen MR) is 82.3 cm³/mol. The van der Waals surface area contributed by atoms with E-state index >= 15 is 0 Å². The van der Waals surface area contributed by atoms with Crippen molar-refractivity contribution in [3.05, 3.63) is 29.6 Å². The van der Waals surface area contributed by atoms with E-state index in [-0.39, 0.29) is 0 Å². The number of rotatable bonds is 9. The van der Waals surface area contributed by atoms with E-state index in [0.717, 1.165) is 25.2 Å². The Kier molecular flexibility index (Phi) is 7.86. The molecular weight excluding hydrogens is 248 g/mol. The molecule has 0 spiro atoms. The second-order valence-corrected chi connectivity index (χ2v) is 5.11. The molecule has 1 atom stereocenters. The molecule has 1 aromatic heterocycles. The highest BCUT2D eigenvalue weighted by Crippen LogP contribution is 2.04. The molecule has 0 aliphatic heterocycles. The lowest BCUT2D eigenvalue weighted by Crippen LogP contribution is -2.28. The summed E-state index contributed by atoms with van der Waals surface area (Å²) in [6.45, 7) is 10.9. The Morgan fingerprint density at radius 3 is 2.80 bits per heavy atom. The van der Waals surface area contributed by atoms with E-state index in [1.165, 1.54) is 19.4 Å². The Morgan fingerprint density at radius 1 is 1.40 bits per heavy atom. The smallest absolute Gasteiger partial charge is 0.140 e. The van der Waals surface area contributed by atoms with E-state index in [1.54, 1.807) is 6.20 Å². The van der Waals surface area contributed by atoms with Crippen LogP contribution in [0, 0.1) is 11.3 Å². The zero-order chi connectivity index (χ0) is 14.8. The fourth-order valence-electron chi connectivity index (χ4n) is 2.20. The molecule has 0 aliphatic carbocycles. The van der Waals surface area contributed by atoms with Gasteiger partial charge in [0, 0.05) is 18.8 Å². The molecule has 0 aromatic carbocycles. The van der Waals surface area contributed by atoms with Crippen molar-refractivity contribution < 1.29 is 0 Å². The molecule has 0 fully saturated rings. The van der Waals surface area contributed by atoms with Crippen LogP contribution in [0.2, 0.25) is 0 Å². The third-order valence-corrected chi connectivity index (χ3v) is 3.60. The van der Waals surface area contributed by atoms with Crippen molar-refractivity contribution in [2.24, 2.45) is 0 Å². The molecule has 0 saturated carbocycles. The van der Waals surface area contributed by atoms with Crippen LogP contribution in [-0.4, -0.2) is 35.6 Å². The highest BCUT2D eigenvalue weighted by atomic mass is 15.1. The Labute approximate surface area is 122 Å². The summed E-state index contributed by atoms with van der Waals surface area (Å²) < 4.78 is 0. The van der Waals surface area contributed by atoms with Gasteiger partial charge in [-0.25, -0.2) is 4.98 Å². The van der Waals surface area contributed by atoms with Gasteiger partial charge in [0.1, 0.15) is 11.8 Å². The van der Waals surface area contributed by atoms with Crippen molar-refractivity contribution in [3.63, 3.8) is 0 Å². The molecule has 0 amide bonds. The van der Waals surface area contributed by atoms with Crippen LogP contribution < -0.4 is 5.32 Å². The molecule has 0 aliphatic rings. The van der Waals surface area contributed by atoms with Crippen molar-refractivity contribution in [1.29, 1.82) is 5.26 Å². The number of hydrogen-bond donors (Lipinski definition) is 1. The maximum Gasteiger partial charge on any atom is 0.140 e. The lowest BCUT2D eigenvalue weighted by atomic mass is 10.1. The first kappa shape index (κ1) is 16.6. The molecule has 20 heavy (non-hydrogen) atoms. The molecule has 1 unspecified atom stereocenters. The summed E-state index contributed by atoms with van der Waals surface area (Å²) in [6, 6.07) is 6.36. The molecule has 4 heteroatoms. The number of aromatic nitrogens is 1. The molecule has 0 saturated heterocycles. The van der Waals surface area contributed by atoms with Crippen molar-refractivity contribution in [2.45, 2.75) is 46.2 Å². The number of nitrogens with one attached hydrogen (secondary N) is 1. The van der Waals surface area contributed by atoms with Gasteiger partial charge in [-0.05, 0) is 57.1 Å². The fraction of sp³-hybridized carbons (Fsp3) is 0.625. The molecule has 0 radical (unpaired) electrons. The minimum atomic E-state index is 0.485. The van der Waals surface area contributed by atoms with Gasteiger partial charge in [0.25, 0.3) is 0 Å². The van der Waals surface area contributed by atoms with Gasteiger partial charge in [-0.1, -0.05) is 13.8 Å². The molecule has 4 nitrogen and oxygen atoms in total. The van der Waals surface area contributed by atoms with Gasteiger partial charge >= 0.3 is 0 Å². The maximum atomic E-state index is 8.82. The standard InChI is InChI=1S/C16H26N4/c1-4-20(5-2)10-6-7-14(3)19-13-15-8-9-18-16(11-15)12-17/h8-9,11,14,19H,4-7,10,13H2,1-3H3. The van der Waals surface area contributed by atoms with Gasteiger partial charge < -0.3 is 10.2 Å². The summed E-state index contributed by atoms with van der Waals surface area (Å²) in [6.07, 6.45) is 4.09. The van der Waals surface area contributed by atoms with Gasteiger partial charge in [-0.15, -0.1) is 0 Å². The number of pyridine rings is 1. The normalized spacial score (nSPS) is 12.3. The van der Waals surface area contributed by atoms with E-state index in [2.05, 4.69) is 42.0 Å². The van der Waals surface area contributed by atoms with Gasteiger partial charge in [-0.2, -0.15) is 5.26 Å². The predicted octanol–water partition coefficient (Wildman–Crippen LogP) is 2.55. The molecule has 1 aromatic rings. The molecule has 1 heterocycles. The summed E-state index contributed by atoms with van der Waals surface area (Å²) in [5.74, 6) is 0. The summed E-state index contributed by atoms with van der Waals surface area (Å²) >= 11 is 0. The quantitative estimate of drug-likeness (QED) is 0.752. The first-order valence-electron chi connectivity index (χ1n) is 7.50. The summed E-state index contributed by atoms with van der Waals surface area (Å²) in [5, 5.41) is 12.3.